The van der Waals surface area contributed by atoms with Gasteiger partial charge in [-0.05, 0) is 11.6 Å². The molecule has 0 fully saturated rings. The summed E-state index contributed by atoms with van der Waals surface area (Å²) in [5.41, 5.74) is 6.63. The number of hydrogen-bond acceptors (Lipinski definition) is 2. The van der Waals surface area contributed by atoms with Crippen molar-refractivity contribution in [2.45, 2.75) is 6.61 Å². The summed E-state index contributed by atoms with van der Waals surface area (Å²) >= 11 is 0. The van der Waals surface area contributed by atoms with Crippen molar-refractivity contribution in [2.24, 2.45) is 5.73 Å². The van der Waals surface area contributed by atoms with Gasteiger partial charge < -0.3 is 10.6 Å². The van der Waals surface area contributed by atoms with E-state index >= 15 is 0 Å². The Morgan fingerprint density at radius 2 is 2.00 bits per heavy atom. The summed E-state index contributed by atoms with van der Waals surface area (Å²) in [4.78, 5) is 16.3. The smallest absolute Gasteiger partial charge is 0.250 e. The lowest BCUT2D eigenvalue weighted by molar-refractivity contribution is 0.0948. The molecule has 2 N–H and O–H groups in total. The summed E-state index contributed by atoms with van der Waals surface area (Å²) in [7, 11) is 0. The average molecular weight is 216 g/mol. The SMILES string of the molecule is NC(=O)c1ccn(OCc2ccccc2)c1. The first-order valence-corrected chi connectivity index (χ1v) is 4.91. The minimum absolute atomic E-state index is 0.438. The van der Waals surface area contributed by atoms with Crippen LogP contribution in [0.4, 0.5) is 0 Å². The Kier molecular flexibility index (Phi) is 2.91. The molecule has 1 amide bonds. The van der Waals surface area contributed by atoms with Gasteiger partial charge in [-0.3, -0.25) is 4.79 Å². The third-order valence-electron chi connectivity index (χ3n) is 2.17. The van der Waals surface area contributed by atoms with Gasteiger partial charge in [-0.15, -0.1) is 0 Å². The largest absolute Gasteiger partial charge is 0.410 e. The molecule has 0 saturated heterocycles. The van der Waals surface area contributed by atoms with Crippen LogP contribution in [0, 0.1) is 0 Å². The van der Waals surface area contributed by atoms with Gasteiger partial charge in [0.05, 0.1) is 11.8 Å². The van der Waals surface area contributed by atoms with Crippen LogP contribution in [0.15, 0.2) is 48.8 Å². The first-order chi connectivity index (χ1) is 7.75. The minimum atomic E-state index is -0.456. The van der Waals surface area contributed by atoms with Crippen molar-refractivity contribution in [1.29, 1.82) is 0 Å². The van der Waals surface area contributed by atoms with Gasteiger partial charge in [-0.1, -0.05) is 30.3 Å². The molecule has 4 heteroatoms. The van der Waals surface area contributed by atoms with E-state index in [4.69, 9.17) is 10.6 Å². The van der Waals surface area contributed by atoms with E-state index < -0.39 is 5.91 Å². The standard InChI is InChI=1S/C12H12N2O2/c13-12(15)11-6-7-14(8-11)16-9-10-4-2-1-3-5-10/h1-8H,9H2,(H2,13,15). The molecule has 82 valence electrons. The van der Waals surface area contributed by atoms with Crippen LogP contribution in [-0.2, 0) is 6.61 Å². The molecule has 0 radical (unpaired) electrons. The van der Waals surface area contributed by atoms with E-state index in [2.05, 4.69) is 0 Å². The van der Waals surface area contributed by atoms with E-state index in [1.807, 2.05) is 30.3 Å². The summed E-state index contributed by atoms with van der Waals surface area (Å²) in [5.74, 6) is -0.456. The van der Waals surface area contributed by atoms with Gasteiger partial charge in [0, 0.05) is 6.20 Å². The van der Waals surface area contributed by atoms with Gasteiger partial charge >= 0.3 is 0 Å². The maximum Gasteiger partial charge on any atom is 0.250 e. The number of aromatic nitrogens is 1. The van der Waals surface area contributed by atoms with E-state index in [0.29, 0.717) is 12.2 Å². The van der Waals surface area contributed by atoms with E-state index in [9.17, 15) is 4.79 Å². The summed E-state index contributed by atoms with van der Waals surface area (Å²) in [6.07, 6.45) is 3.22. The number of nitrogens with zero attached hydrogens (tertiary/aromatic N) is 1. The van der Waals surface area contributed by atoms with Crippen molar-refractivity contribution < 1.29 is 9.63 Å². The van der Waals surface area contributed by atoms with Crippen LogP contribution in [0.5, 0.6) is 0 Å². The number of hydrogen-bond donors (Lipinski definition) is 1. The van der Waals surface area contributed by atoms with Crippen molar-refractivity contribution >= 4 is 5.91 Å². The highest BCUT2D eigenvalue weighted by molar-refractivity contribution is 5.92. The highest BCUT2D eigenvalue weighted by Crippen LogP contribution is 2.01. The second-order valence-electron chi connectivity index (χ2n) is 3.38. The first kappa shape index (κ1) is 10.3. The average Bonchev–Trinajstić information content (AvgIpc) is 2.76. The maximum absolute atomic E-state index is 10.8. The molecule has 0 bridgehead atoms. The Bertz CT molecular complexity index is 477. The van der Waals surface area contributed by atoms with Crippen molar-refractivity contribution in [3.8, 4) is 0 Å². The Morgan fingerprint density at radius 3 is 2.62 bits per heavy atom. The third-order valence-corrected chi connectivity index (χ3v) is 2.17. The van der Waals surface area contributed by atoms with Gasteiger partial charge in [0.25, 0.3) is 0 Å². The van der Waals surface area contributed by atoms with Crippen LogP contribution in [0.3, 0.4) is 0 Å². The molecule has 16 heavy (non-hydrogen) atoms. The number of amides is 1. The van der Waals surface area contributed by atoms with Crippen LogP contribution in [0.2, 0.25) is 0 Å². The molecule has 0 atom stereocenters. The lowest BCUT2D eigenvalue weighted by Crippen LogP contribution is -2.11. The van der Waals surface area contributed by atoms with Crippen LogP contribution < -0.4 is 10.6 Å². The lowest BCUT2D eigenvalue weighted by atomic mass is 10.2. The minimum Gasteiger partial charge on any atom is -0.410 e. The van der Waals surface area contributed by atoms with Gasteiger partial charge in [-0.2, -0.15) is 4.73 Å². The molecule has 0 spiro atoms. The fraction of sp³-hybridized carbons (Fsp3) is 0.0833. The molecule has 0 unspecified atom stereocenters. The zero-order valence-corrected chi connectivity index (χ0v) is 8.67. The Morgan fingerprint density at radius 1 is 1.25 bits per heavy atom. The molecule has 2 aromatic rings. The molecule has 1 aromatic carbocycles. The number of primary amides is 1. The van der Waals surface area contributed by atoms with E-state index in [1.165, 1.54) is 4.73 Å². The number of benzene rings is 1. The highest BCUT2D eigenvalue weighted by atomic mass is 16.7. The Labute approximate surface area is 93.2 Å². The molecule has 4 nitrogen and oxygen atoms in total. The Balaban J connectivity index is 1.97. The summed E-state index contributed by atoms with van der Waals surface area (Å²) < 4.78 is 1.48. The monoisotopic (exact) mass is 216 g/mol. The highest BCUT2D eigenvalue weighted by Gasteiger charge is 2.02. The number of carbonyl (C=O) groups excluding carboxylic acids is 1. The van der Waals surface area contributed by atoms with Crippen molar-refractivity contribution in [3.05, 3.63) is 59.9 Å². The fourth-order valence-corrected chi connectivity index (χ4v) is 1.33. The normalized spacial score (nSPS) is 10.0. The van der Waals surface area contributed by atoms with Crippen LogP contribution in [0.25, 0.3) is 0 Å². The van der Waals surface area contributed by atoms with Crippen LogP contribution in [-0.4, -0.2) is 10.6 Å². The quantitative estimate of drug-likeness (QED) is 0.835. The molecule has 0 aliphatic carbocycles. The number of nitrogens with two attached hydrogens (primary N) is 1. The molecule has 1 aromatic heterocycles. The molecule has 1 heterocycles. The van der Waals surface area contributed by atoms with Crippen molar-refractivity contribution in [1.82, 2.24) is 4.73 Å². The second kappa shape index (κ2) is 4.53. The molecular weight excluding hydrogens is 204 g/mol. The van der Waals surface area contributed by atoms with Crippen molar-refractivity contribution in [2.75, 3.05) is 0 Å². The maximum atomic E-state index is 10.8. The van der Waals surface area contributed by atoms with E-state index in [-0.39, 0.29) is 0 Å². The lowest BCUT2D eigenvalue weighted by Gasteiger charge is -2.05. The second-order valence-corrected chi connectivity index (χ2v) is 3.38. The molecular formula is C12H12N2O2. The zero-order chi connectivity index (χ0) is 11.4. The van der Waals surface area contributed by atoms with Gasteiger partial charge in [-0.25, -0.2) is 0 Å². The molecule has 0 aliphatic rings. The van der Waals surface area contributed by atoms with E-state index in [1.54, 1.807) is 18.5 Å². The van der Waals surface area contributed by atoms with Gasteiger partial charge in [0.1, 0.15) is 6.61 Å². The number of carbonyl (C=O) groups is 1. The fourth-order valence-electron chi connectivity index (χ4n) is 1.33. The molecule has 2 rings (SSSR count). The third kappa shape index (κ3) is 2.42. The number of rotatable bonds is 4. The molecule has 0 saturated carbocycles. The van der Waals surface area contributed by atoms with E-state index in [0.717, 1.165) is 5.56 Å². The topological polar surface area (TPSA) is 57.2 Å². The van der Waals surface area contributed by atoms with Crippen LogP contribution in [0.1, 0.15) is 15.9 Å². The zero-order valence-electron chi connectivity index (χ0n) is 8.67. The summed E-state index contributed by atoms with van der Waals surface area (Å²) in [6, 6.07) is 11.4. The van der Waals surface area contributed by atoms with Crippen molar-refractivity contribution in [3.63, 3.8) is 0 Å². The van der Waals surface area contributed by atoms with Gasteiger partial charge in [0.15, 0.2) is 0 Å². The molecule has 0 aliphatic heterocycles. The predicted molar refractivity (Wildman–Crippen MR) is 59.7 cm³/mol. The first-order valence-electron chi connectivity index (χ1n) is 4.91. The summed E-state index contributed by atoms with van der Waals surface area (Å²) in [6.45, 7) is 0.452. The summed E-state index contributed by atoms with van der Waals surface area (Å²) in [5, 5.41) is 0. The van der Waals surface area contributed by atoms with Gasteiger partial charge in [0.2, 0.25) is 5.91 Å². The van der Waals surface area contributed by atoms with Crippen LogP contribution >= 0.6 is 0 Å². The Hall–Kier alpha value is -2.23. The predicted octanol–water partition coefficient (Wildman–Crippen LogP) is 1.22.